The van der Waals surface area contributed by atoms with Gasteiger partial charge in [0, 0.05) is 5.56 Å². The van der Waals surface area contributed by atoms with Crippen LogP contribution in [0.25, 0.3) is 10.8 Å². The van der Waals surface area contributed by atoms with Crippen LogP contribution in [0.15, 0.2) is 60.7 Å². The Kier molecular flexibility index (Phi) is 3.58. The molecule has 0 unspecified atom stereocenters. The number of esters is 1. The summed E-state index contributed by atoms with van der Waals surface area (Å²) < 4.78 is 5.31. The largest absolute Gasteiger partial charge is 0.508 e. The Morgan fingerprint density at radius 1 is 0.909 bits per heavy atom. The van der Waals surface area contributed by atoms with Gasteiger partial charge in [0.1, 0.15) is 17.8 Å². The number of rotatable bonds is 3. The lowest BCUT2D eigenvalue weighted by molar-refractivity contribution is 0.0735. The van der Waals surface area contributed by atoms with Gasteiger partial charge in [-0.3, -0.25) is 4.79 Å². The molecule has 0 bridgehead atoms. The summed E-state index contributed by atoms with van der Waals surface area (Å²) in [5.74, 6) is 0.0153. The molecule has 0 aliphatic carbocycles. The number of benzene rings is 3. The summed E-state index contributed by atoms with van der Waals surface area (Å²) in [5.41, 5.74) is 0.954. The molecule has 0 saturated carbocycles. The molecule has 0 saturated heterocycles. The van der Waals surface area contributed by atoms with Gasteiger partial charge in [-0.1, -0.05) is 18.2 Å². The van der Waals surface area contributed by atoms with E-state index in [1.807, 2.05) is 0 Å². The smallest absolute Gasteiger partial charge is 0.343 e. The highest BCUT2D eigenvalue weighted by Crippen LogP contribution is 2.22. The van der Waals surface area contributed by atoms with E-state index in [2.05, 4.69) is 0 Å². The number of ether oxygens (including phenoxy) is 1. The number of fused-ring (bicyclic) bond motifs is 1. The molecule has 0 fully saturated rings. The van der Waals surface area contributed by atoms with E-state index in [4.69, 9.17) is 4.74 Å². The van der Waals surface area contributed by atoms with Crippen LogP contribution in [0.5, 0.6) is 11.5 Å². The molecular formula is C18H12O4. The molecule has 1 N–H and O–H groups in total. The number of carbonyl (C=O) groups is 2. The van der Waals surface area contributed by atoms with Crippen LogP contribution in [-0.4, -0.2) is 17.4 Å². The fourth-order valence-electron chi connectivity index (χ4n) is 2.14. The quantitative estimate of drug-likeness (QED) is 0.455. The van der Waals surface area contributed by atoms with Crippen LogP contribution in [0.3, 0.4) is 0 Å². The molecule has 0 heterocycles. The van der Waals surface area contributed by atoms with Gasteiger partial charge in [0.2, 0.25) is 0 Å². The molecule has 3 rings (SSSR count). The first-order valence-electron chi connectivity index (χ1n) is 6.66. The van der Waals surface area contributed by atoms with Gasteiger partial charge in [-0.2, -0.15) is 0 Å². The van der Waals surface area contributed by atoms with Crippen LogP contribution < -0.4 is 4.74 Å². The lowest BCUT2D eigenvalue weighted by atomic mass is 10.1. The van der Waals surface area contributed by atoms with E-state index in [9.17, 15) is 14.7 Å². The average Bonchev–Trinajstić information content (AvgIpc) is 2.55. The van der Waals surface area contributed by atoms with Crippen molar-refractivity contribution in [2.45, 2.75) is 0 Å². The Labute approximate surface area is 126 Å². The highest BCUT2D eigenvalue weighted by atomic mass is 16.5. The van der Waals surface area contributed by atoms with Crippen LogP contribution in [-0.2, 0) is 0 Å². The number of carbonyl (C=O) groups excluding carboxylic acids is 2. The molecule has 3 aromatic rings. The average molecular weight is 292 g/mol. The molecule has 0 amide bonds. The first kappa shape index (κ1) is 13.8. The molecule has 22 heavy (non-hydrogen) atoms. The fraction of sp³-hybridized carbons (Fsp3) is 0. The molecular weight excluding hydrogens is 280 g/mol. The normalized spacial score (nSPS) is 10.4. The Bertz CT molecular complexity index is 851. The monoisotopic (exact) mass is 292 g/mol. The van der Waals surface area contributed by atoms with E-state index >= 15 is 0 Å². The fourth-order valence-corrected chi connectivity index (χ4v) is 2.14. The summed E-state index contributed by atoms with van der Waals surface area (Å²) >= 11 is 0. The van der Waals surface area contributed by atoms with Crippen LogP contribution in [0.2, 0.25) is 0 Å². The van der Waals surface area contributed by atoms with Gasteiger partial charge in [-0.05, 0) is 53.2 Å². The molecule has 0 aliphatic heterocycles. The molecule has 108 valence electrons. The zero-order chi connectivity index (χ0) is 15.5. The van der Waals surface area contributed by atoms with Crippen molar-refractivity contribution in [2.75, 3.05) is 0 Å². The predicted octanol–water partition coefficient (Wildman–Crippen LogP) is 3.58. The second-order valence-corrected chi connectivity index (χ2v) is 4.82. The first-order valence-corrected chi connectivity index (χ1v) is 6.66. The molecule has 3 aromatic carbocycles. The number of aromatic hydroxyl groups is 1. The highest BCUT2D eigenvalue weighted by molar-refractivity contribution is 5.93. The van der Waals surface area contributed by atoms with Gasteiger partial charge in [0.05, 0.1) is 5.56 Å². The third-order valence-electron chi connectivity index (χ3n) is 3.29. The Morgan fingerprint density at radius 3 is 2.32 bits per heavy atom. The van der Waals surface area contributed by atoms with E-state index in [0.717, 1.165) is 17.1 Å². The van der Waals surface area contributed by atoms with Gasteiger partial charge >= 0.3 is 5.97 Å². The second-order valence-electron chi connectivity index (χ2n) is 4.82. The zero-order valence-corrected chi connectivity index (χ0v) is 11.5. The minimum absolute atomic E-state index is 0.0910. The van der Waals surface area contributed by atoms with Crippen molar-refractivity contribution in [3.8, 4) is 11.5 Å². The maximum absolute atomic E-state index is 12.0. The van der Waals surface area contributed by atoms with Crippen molar-refractivity contribution in [3.05, 3.63) is 71.8 Å². The summed E-state index contributed by atoms with van der Waals surface area (Å²) in [7, 11) is 0. The predicted molar refractivity (Wildman–Crippen MR) is 82.4 cm³/mol. The third-order valence-corrected chi connectivity index (χ3v) is 3.29. The van der Waals surface area contributed by atoms with Crippen molar-refractivity contribution >= 4 is 23.0 Å². The molecule has 0 aliphatic rings. The Morgan fingerprint density at radius 2 is 1.59 bits per heavy atom. The van der Waals surface area contributed by atoms with Gasteiger partial charge in [0.15, 0.2) is 0 Å². The van der Waals surface area contributed by atoms with E-state index < -0.39 is 5.97 Å². The summed E-state index contributed by atoms with van der Waals surface area (Å²) in [5, 5.41) is 11.0. The maximum atomic E-state index is 12.0. The van der Waals surface area contributed by atoms with Gasteiger partial charge in [0.25, 0.3) is 0 Å². The SMILES string of the molecule is O=Cc1ccc2cc(OC(=O)c3ccc(O)cc3)ccc2c1. The minimum Gasteiger partial charge on any atom is -0.508 e. The van der Waals surface area contributed by atoms with E-state index in [1.54, 1.807) is 36.4 Å². The molecule has 4 nitrogen and oxygen atoms in total. The third kappa shape index (κ3) is 2.81. The highest BCUT2D eigenvalue weighted by Gasteiger charge is 2.09. The molecule has 0 spiro atoms. The van der Waals surface area contributed by atoms with Gasteiger partial charge < -0.3 is 9.84 Å². The van der Waals surface area contributed by atoms with Crippen molar-refractivity contribution < 1.29 is 19.4 Å². The summed E-state index contributed by atoms with van der Waals surface area (Å²) in [6.45, 7) is 0. The first-order chi connectivity index (χ1) is 10.7. The number of aldehydes is 1. The summed E-state index contributed by atoms with van der Waals surface area (Å²) in [6, 6.07) is 16.3. The second kappa shape index (κ2) is 5.69. The van der Waals surface area contributed by atoms with Crippen molar-refractivity contribution in [1.29, 1.82) is 0 Å². The van der Waals surface area contributed by atoms with Crippen molar-refractivity contribution in [3.63, 3.8) is 0 Å². The summed E-state index contributed by atoms with van der Waals surface area (Å²) in [6.07, 6.45) is 0.790. The molecule has 0 atom stereocenters. The van der Waals surface area contributed by atoms with Crippen LogP contribution in [0.4, 0.5) is 0 Å². The maximum Gasteiger partial charge on any atom is 0.343 e. The molecule has 4 heteroatoms. The summed E-state index contributed by atoms with van der Waals surface area (Å²) in [4.78, 5) is 22.8. The molecule has 0 aromatic heterocycles. The minimum atomic E-state index is -0.496. The lowest BCUT2D eigenvalue weighted by Gasteiger charge is -2.06. The topological polar surface area (TPSA) is 63.6 Å². The van der Waals surface area contributed by atoms with Crippen LogP contribution in [0.1, 0.15) is 20.7 Å². The van der Waals surface area contributed by atoms with E-state index in [-0.39, 0.29) is 5.75 Å². The standard InChI is InChI=1S/C18H12O4/c19-11-12-1-2-15-10-17(8-5-14(15)9-12)22-18(21)13-3-6-16(20)7-4-13/h1-11,20H. The molecule has 0 radical (unpaired) electrons. The number of phenolic OH excluding ortho intramolecular Hbond substituents is 1. The Balaban J connectivity index is 1.86. The number of phenols is 1. The van der Waals surface area contributed by atoms with Crippen molar-refractivity contribution in [1.82, 2.24) is 0 Å². The number of hydrogen-bond acceptors (Lipinski definition) is 4. The van der Waals surface area contributed by atoms with Crippen LogP contribution in [0, 0.1) is 0 Å². The van der Waals surface area contributed by atoms with Crippen molar-refractivity contribution in [2.24, 2.45) is 0 Å². The lowest BCUT2D eigenvalue weighted by Crippen LogP contribution is -2.08. The van der Waals surface area contributed by atoms with Crippen LogP contribution >= 0.6 is 0 Å². The zero-order valence-electron chi connectivity index (χ0n) is 11.5. The van der Waals surface area contributed by atoms with E-state index in [0.29, 0.717) is 16.9 Å². The Hall–Kier alpha value is -3.14. The number of hydrogen-bond donors (Lipinski definition) is 1. The van der Waals surface area contributed by atoms with E-state index in [1.165, 1.54) is 24.3 Å². The van der Waals surface area contributed by atoms with Gasteiger partial charge in [-0.25, -0.2) is 4.79 Å². The van der Waals surface area contributed by atoms with Gasteiger partial charge in [-0.15, -0.1) is 0 Å².